The summed E-state index contributed by atoms with van der Waals surface area (Å²) in [5, 5.41) is 3.50. The predicted molar refractivity (Wildman–Crippen MR) is 58.4 cm³/mol. The molecule has 0 unspecified atom stereocenters. The zero-order chi connectivity index (χ0) is 9.54. The van der Waals surface area contributed by atoms with Crippen LogP contribution in [-0.4, -0.2) is 13.1 Å². The molecule has 1 heterocycles. The van der Waals surface area contributed by atoms with Crippen LogP contribution in [0.2, 0.25) is 0 Å². The molecule has 74 valence electrons. The molecule has 1 heteroatoms. The van der Waals surface area contributed by atoms with Crippen molar-refractivity contribution in [2.24, 2.45) is 11.8 Å². The topological polar surface area (TPSA) is 12.0 Å². The third kappa shape index (κ3) is 1.12. The highest BCUT2D eigenvalue weighted by atomic mass is 14.9. The third-order valence-corrected chi connectivity index (χ3v) is 4.05. The summed E-state index contributed by atoms with van der Waals surface area (Å²) < 4.78 is 0. The molecule has 3 rings (SSSR count). The van der Waals surface area contributed by atoms with Crippen molar-refractivity contribution >= 4 is 0 Å². The predicted octanol–water partition coefficient (Wildman–Crippen LogP) is 2.32. The van der Waals surface area contributed by atoms with Gasteiger partial charge in [0.2, 0.25) is 0 Å². The van der Waals surface area contributed by atoms with Crippen LogP contribution in [0.25, 0.3) is 0 Å². The SMILES string of the molecule is Cc1ccccc1[C@@H]1C[C@H]2CNC[C@H]21. The lowest BCUT2D eigenvalue weighted by Gasteiger charge is -2.40. The first-order valence-electron chi connectivity index (χ1n) is 5.62. The van der Waals surface area contributed by atoms with Crippen LogP contribution < -0.4 is 5.32 Å². The van der Waals surface area contributed by atoms with Gasteiger partial charge in [0.05, 0.1) is 0 Å². The van der Waals surface area contributed by atoms with Crippen molar-refractivity contribution < 1.29 is 0 Å². The fourth-order valence-corrected chi connectivity index (χ4v) is 3.15. The monoisotopic (exact) mass is 187 g/mol. The van der Waals surface area contributed by atoms with Crippen LogP contribution in [0.5, 0.6) is 0 Å². The summed E-state index contributed by atoms with van der Waals surface area (Å²) in [5.74, 6) is 2.74. The molecule has 1 aromatic carbocycles. The zero-order valence-corrected chi connectivity index (χ0v) is 8.66. The van der Waals surface area contributed by atoms with Crippen molar-refractivity contribution in [1.82, 2.24) is 5.32 Å². The van der Waals surface area contributed by atoms with Crippen molar-refractivity contribution in [3.63, 3.8) is 0 Å². The Labute approximate surface area is 85.5 Å². The molecule has 1 saturated carbocycles. The van der Waals surface area contributed by atoms with Crippen molar-refractivity contribution in [2.75, 3.05) is 13.1 Å². The highest BCUT2D eigenvalue weighted by molar-refractivity contribution is 5.32. The van der Waals surface area contributed by atoms with Crippen LogP contribution in [-0.2, 0) is 0 Å². The van der Waals surface area contributed by atoms with Gasteiger partial charge in [-0.25, -0.2) is 0 Å². The van der Waals surface area contributed by atoms with Gasteiger partial charge in [0.1, 0.15) is 0 Å². The lowest BCUT2D eigenvalue weighted by atomic mass is 9.63. The summed E-state index contributed by atoms with van der Waals surface area (Å²) >= 11 is 0. The van der Waals surface area contributed by atoms with Crippen molar-refractivity contribution in [3.8, 4) is 0 Å². The second-order valence-corrected chi connectivity index (χ2v) is 4.78. The van der Waals surface area contributed by atoms with Gasteiger partial charge in [0, 0.05) is 0 Å². The number of fused-ring (bicyclic) bond motifs is 1. The van der Waals surface area contributed by atoms with Crippen LogP contribution in [0.4, 0.5) is 0 Å². The maximum absolute atomic E-state index is 3.50. The third-order valence-electron chi connectivity index (χ3n) is 4.05. The van der Waals surface area contributed by atoms with E-state index >= 15 is 0 Å². The Balaban J connectivity index is 1.87. The Hall–Kier alpha value is -0.820. The van der Waals surface area contributed by atoms with Gasteiger partial charge in [-0.05, 0) is 55.3 Å². The molecule has 0 spiro atoms. The maximum Gasteiger partial charge on any atom is -0.00114 e. The Bertz CT molecular complexity index is 345. The minimum absolute atomic E-state index is 0.844. The van der Waals surface area contributed by atoms with E-state index in [1.54, 1.807) is 5.56 Å². The van der Waals surface area contributed by atoms with E-state index in [2.05, 4.69) is 36.5 Å². The first kappa shape index (κ1) is 8.49. The number of nitrogens with one attached hydrogen (secondary N) is 1. The molecule has 0 amide bonds. The van der Waals surface area contributed by atoms with Crippen molar-refractivity contribution in [1.29, 1.82) is 0 Å². The number of hydrogen-bond acceptors (Lipinski definition) is 1. The molecule has 1 nitrogen and oxygen atoms in total. The second-order valence-electron chi connectivity index (χ2n) is 4.78. The zero-order valence-electron chi connectivity index (χ0n) is 8.66. The van der Waals surface area contributed by atoms with E-state index in [4.69, 9.17) is 0 Å². The molecule has 0 radical (unpaired) electrons. The first-order valence-corrected chi connectivity index (χ1v) is 5.62. The number of rotatable bonds is 1. The number of hydrogen-bond donors (Lipinski definition) is 1. The van der Waals surface area contributed by atoms with E-state index in [0.29, 0.717) is 0 Å². The Morgan fingerprint density at radius 1 is 1.21 bits per heavy atom. The lowest BCUT2D eigenvalue weighted by molar-refractivity contribution is 0.190. The molecule has 0 aromatic heterocycles. The summed E-state index contributed by atoms with van der Waals surface area (Å²) in [7, 11) is 0. The molecule has 1 aliphatic heterocycles. The van der Waals surface area contributed by atoms with E-state index in [-0.39, 0.29) is 0 Å². The van der Waals surface area contributed by atoms with E-state index in [0.717, 1.165) is 17.8 Å². The van der Waals surface area contributed by atoms with Crippen LogP contribution in [0.3, 0.4) is 0 Å². The minimum Gasteiger partial charge on any atom is -0.316 e. The maximum atomic E-state index is 3.50. The number of aryl methyl sites for hydroxylation is 1. The average molecular weight is 187 g/mol. The van der Waals surface area contributed by atoms with Crippen LogP contribution in [0, 0.1) is 18.8 Å². The van der Waals surface area contributed by atoms with Gasteiger partial charge in [-0.2, -0.15) is 0 Å². The molecule has 2 fully saturated rings. The van der Waals surface area contributed by atoms with E-state index < -0.39 is 0 Å². The molecular formula is C13H17N. The molecule has 2 aliphatic rings. The highest BCUT2D eigenvalue weighted by Crippen LogP contribution is 2.49. The van der Waals surface area contributed by atoms with Gasteiger partial charge >= 0.3 is 0 Å². The van der Waals surface area contributed by atoms with Gasteiger partial charge in [0.15, 0.2) is 0 Å². The van der Waals surface area contributed by atoms with Crippen LogP contribution in [0.15, 0.2) is 24.3 Å². The normalized spacial score (nSPS) is 35.1. The van der Waals surface area contributed by atoms with E-state index in [1.165, 1.54) is 25.1 Å². The standard InChI is InChI=1S/C13H17N/c1-9-4-2-3-5-11(9)12-6-10-7-14-8-13(10)12/h2-5,10,12-14H,6-8H2,1H3/t10-,12-,13+/m0/s1. The second kappa shape index (κ2) is 3.09. The summed E-state index contributed by atoms with van der Waals surface area (Å²) in [6, 6.07) is 8.87. The molecule has 1 saturated heterocycles. The van der Waals surface area contributed by atoms with E-state index in [1.807, 2.05) is 0 Å². The molecule has 3 atom stereocenters. The lowest BCUT2D eigenvalue weighted by Crippen LogP contribution is -2.33. The van der Waals surface area contributed by atoms with Gasteiger partial charge in [-0.15, -0.1) is 0 Å². The first-order chi connectivity index (χ1) is 6.86. The molecule has 14 heavy (non-hydrogen) atoms. The van der Waals surface area contributed by atoms with Gasteiger partial charge in [0.25, 0.3) is 0 Å². The molecule has 0 bridgehead atoms. The van der Waals surface area contributed by atoms with Crippen LogP contribution >= 0.6 is 0 Å². The Morgan fingerprint density at radius 2 is 2.07 bits per heavy atom. The quantitative estimate of drug-likeness (QED) is 0.711. The smallest absolute Gasteiger partial charge is 0.00114 e. The van der Waals surface area contributed by atoms with Gasteiger partial charge < -0.3 is 5.32 Å². The van der Waals surface area contributed by atoms with Gasteiger partial charge in [-0.1, -0.05) is 24.3 Å². The minimum atomic E-state index is 0.844. The fourth-order valence-electron chi connectivity index (χ4n) is 3.15. The van der Waals surface area contributed by atoms with Gasteiger partial charge in [-0.3, -0.25) is 0 Å². The number of benzene rings is 1. The van der Waals surface area contributed by atoms with Crippen molar-refractivity contribution in [2.45, 2.75) is 19.3 Å². The fraction of sp³-hybridized carbons (Fsp3) is 0.538. The molecular weight excluding hydrogens is 170 g/mol. The molecule has 1 aliphatic carbocycles. The largest absolute Gasteiger partial charge is 0.316 e. The molecule has 1 aromatic rings. The summed E-state index contributed by atoms with van der Waals surface area (Å²) in [4.78, 5) is 0. The van der Waals surface area contributed by atoms with E-state index in [9.17, 15) is 0 Å². The summed E-state index contributed by atoms with van der Waals surface area (Å²) in [6.45, 7) is 4.74. The average Bonchev–Trinajstić information content (AvgIpc) is 2.52. The Kier molecular flexibility index (Phi) is 1.88. The molecule has 1 N–H and O–H groups in total. The van der Waals surface area contributed by atoms with Crippen LogP contribution in [0.1, 0.15) is 23.5 Å². The van der Waals surface area contributed by atoms with Crippen molar-refractivity contribution in [3.05, 3.63) is 35.4 Å². The summed E-state index contributed by atoms with van der Waals surface area (Å²) in [6.07, 6.45) is 1.41. The Morgan fingerprint density at radius 3 is 2.86 bits per heavy atom. The summed E-state index contributed by atoms with van der Waals surface area (Å²) in [5.41, 5.74) is 3.07. The highest BCUT2D eigenvalue weighted by Gasteiger charge is 2.44.